The minimum absolute atomic E-state index is 0.0205. The van der Waals surface area contributed by atoms with Gasteiger partial charge in [-0.3, -0.25) is 0 Å². The van der Waals surface area contributed by atoms with Crippen molar-refractivity contribution in [2.75, 3.05) is 42.9 Å². The van der Waals surface area contributed by atoms with Crippen molar-refractivity contribution in [2.24, 2.45) is 0 Å². The number of urea groups is 1. The Kier molecular flexibility index (Phi) is 8.48. The van der Waals surface area contributed by atoms with Gasteiger partial charge in [-0.25, -0.2) is 13.9 Å². The summed E-state index contributed by atoms with van der Waals surface area (Å²) in [6.45, 7) is 15.4. The molecule has 1 aliphatic rings. The van der Waals surface area contributed by atoms with Crippen LogP contribution in [0, 0.1) is 19.7 Å². The second-order valence-corrected chi connectivity index (χ2v) is 9.88. The number of nitrogens with zero attached hydrogens (tertiary/aromatic N) is 5. The number of piperazine rings is 1. The first-order chi connectivity index (χ1) is 17.8. The lowest BCUT2D eigenvalue weighted by Crippen LogP contribution is -2.47. The third-order valence-electron chi connectivity index (χ3n) is 7.34. The highest BCUT2D eigenvalue weighted by Gasteiger charge is 2.29. The first kappa shape index (κ1) is 26.7. The molecule has 7 nitrogen and oxygen atoms in total. The number of benzene rings is 2. The van der Waals surface area contributed by atoms with Crippen LogP contribution in [0.25, 0.3) is 5.69 Å². The molecule has 2 amide bonds. The fourth-order valence-electron chi connectivity index (χ4n) is 4.77. The maximum absolute atomic E-state index is 14.2. The summed E-state index contributed by atoms with van der Waals surface area (Å²) in [6.07, 6.45) is 0.822. The Bertz CT molecular complexity index is 1200. The summed E-state index contributed by atoms with van der Waals surface area (Å²) in [6, 6.07) is 14.3. The van der Waals surface area contributed by atoms with Crippen molar-refractivity contribution in [3.63, 3.8) is 0 Å². The molecule has 1 atom stereocenters. The highest BCUT2D eigenvalue weighted by molar-refractivity contribution is 5.89. The zero-order valence-corrected chi connectivity index (χ0v) is 22.7. The van der Waals surface area contributed by atoms with Gasteiger partial charge in [-0.2, -0.15) is 5.10 Å². The number of halogens is 1. The molecule has 2 heterocycles. The first-order valence-corrected chi connectivity index (χ1v) is 13.3. The van der Waals surface area contributed by atoms with Crippen molar-refractivity contribution in [1.29, 1.82) is 0 Å². The van der Waals surface area contributed by atoms with Crippen LogP contribution < -0.4 is 10.2 Å². The summed E-state index contributed by atoms with van der Waals surface area (Å²) in [5, 5.41) is 7.94. The Labute approximate surface area is 219 Å². The van der Waals surface area contributed by atoms with E-state index in [9.17, 15) is 9.18 Å². The van der Waals surface area contributed by atoms with E-state index in [0.29, 0.717) is 12.2 Å². The molecule has 3 aromatic rings. The quantitative estimate of drug-likeness (QED) is 0.432. The SMILES string of the molecule is CCC(C)N(Cc1c(C)nn(-c2cccc(F)c2)c1N1CCN(CC)CC1)C(=O)Nc1ccc(C)cc1. The third kappa shape index (κ3) is 6.13. The van der Waals surface area contributed by atoms with E-state index in [2.05, 4.69) is 35.9 Å². The predicted molar refractivity (Wildman–Crippen MR) is 148 cm³/mol. The number of carbonyl (C=O) groups excluding carboxylic acids is 1. The molecule has 4 rings (SSSR count). The number of likely N-dealkylation sites (N-methyl/N-ethyl adjacent to an activating group) is 1. The molecule has 37 heavy (non-hydrogen) atoms. The van der Waals surface area contributed by atoms with Crippen LogP contribution in [0.15, 0.2) is 48.5 Å². The van der Waals surface area contributed by atoms with Gasteiger partial charge in [-0.1, -0.05) is 37.6 Å². The van der Waals surface area contributed by atoms with Gasteiger partial charge in [0.15, 0.2) is 0 Å². The largest absolute Gasteiger partial charge is 0.354 e. The fourth-order valence-corrected chi connectivity index (χ4v) is 4.77. The molecule has 0 spiro atoms. The molecule has 1 aliphatic heterocycles. The van der Waals surface area contributed by atoms with Crippen LogP contribution in [0.3, 0.4) is 0 Å². The predicted octanol–water partition coefficient (Wildman–Crippen LogP) is 5.60. The smallest absolute Gasteiger partial charge is 0.322 e. The molecular formula is C29H39FN6O. The van der Waals surface area contributed by atoms with E-state index in [1.807, 2.05) is 53.8 Å². The van der Waals surface area contributed by atoms with Gasteiger partial charge in [0.25, 0.3) is 0 Å². The van der Waals surface area contributed by atoms with E-state index in [-0.39, 0.29) is 17.9 Å². The molecule has 0 saturated carbocycles. The number of hydrogen-bond acceptors (Lipinski definition) is 4. The molecule has 1 saturated heterocycles. The van der Waals surface area contributed by atoms with Gasteiger partial charge in [0.2, 0.25) is 0 Å². The van der Waals surface area contributed by atoms with E-state index in [0.717, 1.165) is 67.5 Å². The first-order valence-electron chi connectivity index (χ1n) is 13.3. The Morgan fingerprint density at radius 2 is 1.78 bits per heavy atom. The summed E-state index contributed by atoms with van der Waals surface area (Å²) >= 11 is 0. The van der Waals surface area contributed by atoms with E-state index in [1.165, 1.54) is 12.1 Å². The summed E-state index contributed by atoms with van der Waals surface area (Å²) in [5.41, 5.74) is 4.43. The molecule has 0 radical (unpaired) electrons. The molecule has 8 heteroatoms. The summed E-state index contributed by atoms with van der Waals surface area (Å²) in [5.74, 6) is 0.642. The average molecular weight is 507 g/mol. The molecular weight excluding hydrogens is 467 g/mol. The van der Waals surface area contributed by atoms with Crippen LogP contribution in [0.4, 0.5) is 20.7 Å². The monoisotopic (exact) mass is 506 g/mol. The number of aryl methyl sites for hydroxylation is 2. The third-order valence-corrected chi connectivity index (χ3v) is 7.34. The fraction of sp³-hybridized carbons (Fsp3) is 0.448. The number of rotatable bonds is 8. The second-order valence-electron chi connectivity index (χ2n) is 9.88. The zero-order valence-electron chi connectivity index (χ0n) is 22.7. The molecule has 1 unspecified atom stereocenters. The Morgan fingerprint density at radius 1 is 1.08 bits per heavy atom. The van der Waals surface area contributed by atoms with Crippen molar-refractivity contribution >= 4 is 17.5 Å². The lowest BCUT2D eigenvalue weighted by atomic mass is 10.1. The average Bonchev–Trinajstić information content (AvgIpc) is 3.23. The van der Waals surface area contributed by atoms with Crippen LogP contribution in [0.2, 0.25) is 0 Å². The maximum Gasteiger partial charge on any atom is 0.322 e. The molecule has 1 aromatic heterocycles. The Balaban J connectivity index is 1.71. The van der Waals surface area contributed by atoms with Crippen LogP contribution in [-0.2, 0) is 6.54 Å². The van der Waals surface area contributed by atoms with Gasteiger partial charge in [-0.05, 0) is 64.1 Å². The number of amides is 2. The minimum Gasteiger partial charge on any atom is -0.354 e. The van der Waals surface area contributed by atoms with Gasteiger partial charge in [0.05, 0.1) is 17.9 Å². The number of anilines is 2. The lowest BCUT2D eigenvalue weighted by Gasteiger charge is -2.37. The minimum atomic E-state index is -0.298. The molecule has 0 aliphatic carbocycles. The highest BCUT2D eigenvalue weighted by Crippen LogP contribution is 2.31. The van der Waals surface area contributed by atoms with Gasteiger partial charge in [0, 0.05) is 43.5 Å². The molecule has 1 fully saturated rings. The number of aromatic nitrogens is 2. The normalized spacial score (nSPS) is 15.0. The summed E-state index contributed by atoms with van der Waals surface area (Å²) in [4.78, 5) is 20.2. The van der Waals surface area contributed by atoms with Crippen LogP contribution in [0.5, 0.6) is 0 Å². The standard InChI is InChI=1S/C29H39FN6O/c1-6-22(4)35(29(37)31-25-13-11-21(3)12-14-25)20-27-23(5)32-36(26-10-8-9-24(30)19-26)28(27)34-17-15-33(7-2)16-18-34/h8-14,19,22H,6-7,15-18,20H2,1-5H3,(H,31,37). The second kappa shape index (κ2) is 11.8. The van der Waals surface area contributed by atoms with Gasteiger partial charge < -0.3 is 20.0 Å². The van der Waals surface area contributed by atoms with Crippen LogP contribution in [0.1, 0.15) is 44.0 Å². The highest BCUT2D eigenvalue weighted by atomic mass is 19.1. The summed E-state index contributed by atoms with van der Waals surface area (Å²) in [7, 11) is 0. The molecule has 2 aromatic carbocycles. The number of hydrogen-bond donors (Lipinski definition) is 1. The van der Waals surface area contributed by atoms with Crippen LogP contribution >= 0.6 is 0 Å². The van der Waals surface area contributed by atoms with E-state index in [4.69, 9.17) is 5.10 Å². The van der Waals surface area contributed by atoms with Crippen molar-refractivity contribution in [2.45, 2.75) is 53.6 Å². The number of carbonyl (C=O) groups is 1. The van der Waals surface area contributed by atoms with E-state index in [1.54, 1.807) is 6.07 Å². The van der Waals surface area contributed by atoms with Crippen LogP contribution in [-0.4, -0.2) is 64.4 Å². The van der Waals surface area contributed by atoms with E-state index >= 15 is 0 Å². The Hall–Kier alpha value is -3.39. The molecule has 0 bridgehead atoms. The lowest BCUT2D eigenvalue weighted by molar-refractivity contribution is 0.187. The van der Waals surface area contributed by atoms with Crippen molar-refractivity contribution < 1.29 is 9.18 Å². The van der Waals surface area contributed by atoms with Crippen molar-refractivity contribution in [3.05, 3.63) is 71.2 Å². The topological polar surface area (TPSA) is 56.6 Å². The van der Waals surface area contributed by atoms with E-state index < -0.39 is 0 Å². The molecule has 1 N–H and O–H groups in total. The van der Waals surface area contributed by atoms with Gasteiger partial charge >= 0.3 is 6.03 Å². The van der Waals surface area contributed by atoms with Crippen molar-refractivity contribution in [1.82, 2.24) is 19.6 Å². The Morgan fingerprint density at radius 3 is 2.41 bits per heavy atom. The zero-order chi connectivity index (χ0) is 26.5. The van der Waals surface area contributed by atoms with Gasteiger partial charge in [0.1, 0.15) is 11.6 Å². The van der Waals surface area contributed by atoms with Gasteiger partial charge in [-0.15, -0.1) is 0 Å². The molecule has 198 valence electrons. The maximum atomic E-state index is 14.2. The number of nitrogens with one attached hydrogen (secondary N) is 1. The van der Waals surface area contributed by atoms with Crippen molar-refractivity contribution in [3.8, 4) is 5.69 Å². The summed E-state index contributed by atoms with van der Waals surface area (Å²) < 4.78 is 16.1.